The molecule has 6 nitrogen and oxygen atoms in total. The molecule has 0 amide bonds. The van der Waals surface area contributed by atoms with Crippen LogP contribution in [0.25, 0.3) is 0 Å². The van der Waals surface area contributed by atoms with Gasteiger partial charge in [0.1, 0.15) is 23.3 Å². The van der Waals surface area contributed by atoms with Crippen LogP contribution in [0.5, 0.6) is 0 Å². The van der Waals surface area contributed by atoms with Crippen LogP contribution >= 0.6 is 0 Å². The van der Waals surface area contributed by atoms with Crippen molar-refractivity contribution >= 4 is 23.7 Å². The highest BCUT2D eigenvalue weighted by atomic mass is 16.6. The van der Waals surface area contributed by atoms with Gasteiger partial charge in [-0.3, -0.25) is 4.99 Å². The molecule has 3 rings (SSSR count). The van der Waals surface area contributed by atoms with Gasteiger partial charge in [0.05, 0.1) is 0 Å². The highest BCUT2D eigenvalue weighted by Crippen LogP contribution is 2.23. The van der Waals surface area contributed by atoms with Crippen LogP contribution in [-0.2, 0) is 16.0 Å². The lowest BCUT2D eigenvalue weighted by Gasteiger charge is -2.21. The molecule has 136 valence electrons. The molecule has 0 bridgehead atoms. The van der Waals surface area contributed by atoms with Crippen LogP contribution < -0.4 is 5.32 Å². The summed E-state index contributed by atoms with van der Waals surface area (Å²) in [6.45, 7) is 7.46. The zero-order valence-corrected chi connectivity index (χ0v) is 15.6. The van der Waals surface area contributed by atoms with Gasteiger partial charge < -0.3 is 10.1 Å². The minimum atomic E-state index is -0.501. The Hall–Kier alpha value is -2.76. The number of nitrogens with one attached hydrogen (secondary N) is 1. The summed E-state index contributed by atoms with van der Waals surface area (Å²) in [6.07, 6.45) is 4.93. The molecule has 0 saturated carbocycles. The minimum Gasteiger partial charge on any atom is -0.458 e. The van der Waals surface area contributed by atoms with Gasteiger partial charge in [0, 0.05) is 18.1 Å². The zero-order chi connectivity index (χ0) is 18.7. The van der Waals surface area contributed by atoms with Gasteiger partial charge in [-0.05, 0) is 69.9 Å². The zero-order valence-electron chi connectivity index (χ0n) is 15.6. The number of carbonyl (C=O) groups excluding carboxylic acids is 1. The largest absolute Gasteiger partial charge is 0.458 e. The molecule has 0 aliphatic carbocycles. The molecule has 1 aliphatic heterocycles. The van der Waals surface area contributed by atoms with Gasteiger partial charge in [0.25, 0.3) is 0 Å². The molecule has 26 heavy (non-hydrogen) atoms. The molecule has 6 heteroatoms. The predicted octanol–water partition coefficient (Wildman–Crippen LogP) is 3.60. The summed E-state index contributed by atoms with van der Waals surface area (Å²) in [7, 11) is 0. The molecule has 1 aliphatic rings. The molecule has 0 fully saturated rings. The van der Waals surface area contributed by atoms with Crippen molar-refractivity contribution in [1.82, 2.24) is 9.97 Å². The third-order valence-corrected chi connectivity index (χ3v) is 3.95. The van der Waals surface area contributed by atoms with E-state index >= 15 is 0 Å². The number of ether oxygens (including phenoxy) is 1. The Bertz CT molecular complexity index is 840. The molecule has 2 heterocycles. The van der Waals surface area contributed by atoms with Crippen molar-refractivity contribution in [2.45, 2.75) is 52.2 Å². The lowest BCUT2D eigenvalue weighted by atomic mass is 10.0. The Morgan fingerprint density at radius 3 is 2.81 bits per heavy atom. The van der Waals surface area contributed by atoms with E-state index in [1.54, 1.807) is 12.4 Å². The van der Waals surface area contributed by atoms with Crippen molar-refractivity contribution in [2.75, 3.05) is 5.32 Å². The quantitative estimate of drug-likeness (QED) is 0.854. The fourth-order valence-corrected chi connectivity index (χ4v) is 2.78. The Balaban J connectivity index is 1.76. The highest BCUT2D eigenvalue weighted by Gasteiger charge is 2.25. The normalized spacial score (nSPS) is 16.5. The third kappa shape index (κ3) is 4.65. The van der Waals surface area contributed by atoms with Gasteiger partial charge in [-0.2, -0.15) is 0 Å². The number of nitrogens with zero attached hydrogens (tertiary/aromatic N) is 3. The fraction of sp³-hybridized carbons (Fsp3) is 0.400. The van der Waals surface area contributed by atoms with E-state index in [4.69, 9.17) is 4.74 Å². The molecular formula is C20H24N4O2. The summed E-state index contributed by atoms with van der Waals surface area (Å²) in [5.41, 5.74) is 2.60. The number of esters is 1. The summed E-state index contributed by atoms with van der Waals surface area (Å²) in [5.74, 6) is 1.19. The number of hydrogen-bond acceptors (Lipinski definition) is 6. The second-order valence-electron chi connectivity index (χ2n) is 7.39. The van der Waals surface area contributed by atoms with Crippen molar-refractivity contribution < 1.29 is 9.53 Å². The van der Waals surface area contributed by atoms with E-state index in [0.717, 1.165) is 23.5 Å². The number of aryl methyl sites for hydroxylation is 2. The number of fused-ring (bicyclic) bond motifs is 1. The van der Waals surface area contributed by atoms with Gasteiger partial charge >= 0.3 is 5.97 Å². The van der Waals surface area contributed by atoms with Crippen molar-refractivity contribution in [3.8, 4) is 0 Å². The summed E-state index contributed by atoms with van der Waals surface area (Å²) in [6, 6.07) is 7.47. The van der Waals surface area contributed by atoms with Crippen LogP contribution in [0.1, 0.15) is 44.1 Å². The first kappa shape index (κ1) is 18.0. The lowest BCUT2D eigenvalue weighted by Crippen LogP contribution is -2.31. The molecular weight excluding hydrogens is 328 g/mol. The smallest absolute Gasteiger partial charge is 0.331 e. The topological polar surface area (TPSA) is 76.5 Å². The van der Waals surface area contributed by atoms with Crippen molar-refractivity contribution in [2.24, 2.45) is 4.99 Å². The minimum absolute atomic E-state index is 0.267. The average Bonchev–Trinajstić information content (AvgIpc) is 2.75. The van der Waals surface area contributed by atoms with E-state index < -0.39 is 11.6 Å². The predicted molar refractivity (Wildman–Crippen MR) is 102 cm³/mol. The molecule has 1 unspecified atom stereocenters. The molecule has 0 saturated heterocycles. The summed E-state index contributed by atoms with van der Waals surface area (Å²) < 4.78 is 5.47. The fourth-order valence-electron chi connectivity index (χ4n) is 2.78. The molecule has 1 aromatic heterocycles. The van der Waals surface area contributed by atoms with E-state index in [0.29, 0.717) is 12.2 Å². The first-order valence-electron chi connectivity index (χ1n) is 8.76. The summed E-state index contributed by atoms with van der Waals surface area (Å²) in [5, 5.41) is 3.28. The Labute approximate surface area is 153 Å². The second-order valence-corrected chi connectivity index (χ2v) is 7.39. The molecule has 0 spiro atoms. The maximum absolute atomic E-state index is 12.3. The van der Waals surface area contributed by atoms with Crippen molar-refractivity contribution in [1.29, 1.82) is 0 Å². The van der Waals surface area contributed by atoms with E-state index in [1.807, 2.05) is 45.9 Å². The van der Waals surface area contributed by atoms with Crippen LogP contribution in [0.2, 0.25) is 0 Å². The molecule has 2 aromatic rings. The van der Waals surface area contributed by atoms with Gasteiger partial charge in [-0.15, -0.1) is 0 Å². The van der Waals surface area contributed by atoms with Crippen molar-refractivity contribution in [3.05, 3.63) is 47.4 Å². The summed E-state index contributed by atoms with van der Waals surface area (Å²) in [4.78, 5) is 25.2. The third-order valence-electron chi connectivity index (χ3n) is 3.95. The van der Waals surface area contributed by atoms with E-state index in [9.17, 15) is 4.79 Å². The maximum Gasteiger partial charge on any atom is 0.331 e. The molecule has 1 aromatic carbocycles. The number of hydrogen-bond donors (Lipinski definition) is 1. The summed E-state index contributed by atoms with van der Waals surface area (Å²) >= 11 is 0. The molecule has 1 atom stereocenters. The molecule has 1 N–H and O–H groups in total. The van der Waals surface area contributed by atoms with E-state index in [-0.39, 0.29) is 5.97 Å². The SMILES string of the molecule is Cc1nccc(Nc2ccc3c(c2)C=NC(C(=O)OC(C)(C)C)CC3)n1. The van der Waals surface area contributed by atoms with Crippen LogP contribution in [-0.4, -0.2) is 33.8 Å². The highest BCUT2D eigenvalue weighted by molar-refractivity contribution is 5.87. The first-order chi connectivity index (χ1) is 12.3. The van der Waals surface area contributed by atoms with Gasteiger partial charge in [0.2, 0.25) is 0 Å². The molecule has 0 radical (unpaired) electrons. The number of carbonyl (C=O) groups is 1. The van der Waals surface area contributed by atoms with Crippen LogP contribution in [0.4, 0.5) is 11.5 Å². The Kier molecular flexibility index (Phi) is 5.02. The number of aromatic nitrogens is 2. The number of benzene rings is 1. The number of aliphatic imine (C=N–C) groups is 1. The average molecular weight is 352 g/mol. The van der Waals surface area contributed by atoms with E-state index in [2.05, 4.69) is 26.3 Å². The van der Waals surface area contributed by atoms with Gasteiger partial charge in [-0.25, -0.2) is 14.8 Å². The number of rotatable bonds is 3. The second kappa shape index (κ2) is 7.23. The van der Waals surface area contributed by atoms with Gasteiger partial charge in [-0.1, -0.05) is 6.07 Å². The monoisotopic (exact) mass is 352 g/mol. The van der Waals surface area contributed by atoms with Crippen LogP contribution in [0.3, 0.4) is 0 Å². The standard InChI is InChI=1S/C20H24N4O2/c1-13-21-10-9-18(23-13)24-16-7-5-14-6-8-17(22-12-15(14)11-16)19(25)26-20(2,3)4/h5,7,9-12,17H,6,8H2,1-4H3,(H,21,23,24). The first-order valence-corrected chi connectivity index (χ1v) is 8.76. The van der Waals surface area contributed by atoms with E-state index in [1.165, 1.54) is 5.56 Å². The lowest BCUT2D eigenvalue weighted by molar-refractivity contribution is -0.156. The van der Waals surface area contributed by atoms with Crippen LogP contribution in [0, 0.1) is 6.92 Å². The Morgan fingerprint density at radius 2 is 2.08 bits per heavy atom. The van der Waals surface area contributed by atoms with Crippen LogP contribution in [0.15, 0.2) is 35.5 Å². The number of anilines is 2. The van der Waals surface area contributed by atoms with Gasteiger partial charge in [0.15, 0.2) is 0 Å². The van der Waals surface area contributed by atoms with Crippen molar-refractivity contribution in [3.63, 3.8) is 0 Å². The Morgan fingerprint density at radius 1 is 1.27 bits per heavy atom. The maximum atomic E-state index is 12.3.